The van der Waals surface area contributed by atoms with Crippen molar-refractivity contribution in [3.8, 4) is 11.1 Å². The Labute approximate surface area is 180 Å². The number of fused-ring (bicyclic) bond motifs is 3. The average molecular weight is 422 g/mol. The van der Waals surface area contributed by atoms with Gasteiger partial charge in [-0.25, -0.2) is 4.79 Å². The lowest BCUT2D eigenvalue weighted by atomic mass is 9.69. The van der Waals surface area contributed by atoms with E-state index in [1.54, 1.807) is 6.92 Å². The molecule has 1 saturated carbocycles. The van der Waals surface area contributed by atoms with Crippen LogP contribution in [-0.4, -0.2) is 42.3 Å². The molecule has 2 amide bonds. The van der Waals surface area contributed by atoms with E-state index in [2.05, 4.69) is 22.8 Å². The maximum atomic E-state index is 12.3. The Hall–Kier alpha value is -3.35. The molecule has 2 aromatic carbocycles. The van der Waals surface area contributed by atoms with Gasteiger partial charge in [0.25, 0.3) is 0 Å². The van der Waals surface area contributed by atoms with Gasteiger partial charge in [0.1, 0.15) is 12.6 Å². The van der Waals surface area contributed by atoms with Crippen LogP contribution >= 0.6 is 0 Å². The van der Waals surface area contributed by atoms with Gasteiger partial charge in [0, 0.05) is 12.5 Å². The summed E-state index contributed by atoms with van der Waals surface area (Å²) in [6, 6.07) is 15.3. The summed E-state index contributed by atoms with van der Waals surface area (Å²) in [5.41, 5.74) is 3.63. The summed E-state index contributed by atoms with van der Waals surface area (Å²) in [5.74, 6) is -1.38. The number of carbonyl (C=O) groups excluding carboxylic acids is 2. The number of benzene rings is 2. The molecule has 2 aromatic rings. The molecule has 4 rings (SSSR count). The van der Waals surface area contributed by atoms with Crippen molar-refractivity contribution in [1.29, 1.82) is 0 Å². The Bertz CT molecular complexity index is 969. The normalized spacial score (nSPS) is 16.9. The van der Waals surface area contributed by atoms with Crippen LogP contribution in [0.2, 0.25) is 0 Å². The van der Waals surface area contributed by atoms with Crippen LogP contribution in [0.15, 0.2) is 48.5 Å². The number of carbonyl (C=O) groups is 3. The summed E-state index contributed by atoms with van der Waals surface area (Å²) >= 11 is 0. The van der Waals surface area contributed by atoms with E-state index < -0.39 is 29.4 Å². The molecule has 1 fully saturated rings. The number of hydrogen-bond donors (Lipinski definition) is 3. The zero-order valence-electron chi connectivity index (χ0n) is 17.4. The number of aliphatic carboxylic acids is 1. The molecule has 0 bridgehead atoms. The van der Waals surface area contributed by atoms with Crippen molar-refractivity contribution in [3.05, 3.63) is 59.7 Å². The Kier molecular flexibility index (Phi) is 5.67. The third-order valence-corrected chi connectivity index (χ3v) is 6.44. The Morgan fingerprint density at radius 1 is 1.06 bits per heavy atom. The first-order valence-electron chi connectivity index (χ1n) is 10.5. The summed E-state index contributed by atoms with van der Waals surface area (Å²) in [6.07, 6.45) is 1.27. The van der Waals surface area contributed by atoms with Crippen molar-refractivity contribution < 1.29 is 24.2 Å². The number of hydrogen-bond acceptors (Lipinski definition) is 4. The van der Waals surface area contributed by atoms with Crippen molar-refractivity contribution in [1.82, 2.24) is 10.6 Å². The molecule has 1 atom stereocenters. The fourth-order valence-electron chi connectivity index (χ4n) is 4.36. The fourth-order valence-corrected chi connectivity index (χ4v) is 4.36. The second-order valence-corrected chi connectivity index (χ2v) is 8.35. The van der Waals surface area contributed by atoms with Crippen molar-refractivity contribution in [2.75, 3.05) is 13.2 Å². The third kappa shape index (κ3) is 4.00. The quantitative estimate of drug-likeness (QED) is 0.635. The van der Waals surface area contributed by atoms with E-state index >= 15 is 0 Å². The van der Waals surface area contributed by atoms with Crippen LogP contribution in [0.25, 0.3) is 11.1 Å². The largest absolute Gasteiger partial charge is 0.481 e. The van der Waals surface area contributed by atoms with Crippen molar-refractivity contribution in [3.63, 3.8) is 0 Å². The molecule has 0 heterocycles. The van der Waals surface area contributed by atoms with Crippen LogP contribution in [0.1, 0.15) is 43.2 Å². The Morgan fingerprint density at radius 3 is 2.16 bits per heavy atom. The maximum Gasteiger partial charge on any atom is 0.407 e. The summed E-state index contributed by atoms with van der Waals surface area (Å²) < 4.78 is 5.45. The number of amides is 2. The zero-order chi connectivity index (χ0) is 22.0. The van der Waals surface area contributed by atoms with E-state index in [-0.39, 0.29) is 19.1 Å². The molecular weight excluding hydrogens is 396 g/mol. The van der Waals surface area contributed by atoms with Gasteiger partial charge in [-0.15, -0.1) is 0 Å². The molecule has 2 aliphatic rings. The second-order valence-electron chi connectivity index (χ2n) is 8.35. The zero-order valence-corrected chi connectivity index (χ0v) is 17.4. The van der Waals surface area contributed by atoms with Crippen molar-refractivity contribution in [2.45, 2.75) is 38.1 Å². The molecule has 0 aromatic heterocycles. The van der Waals surface area contributed by atoms with Crippen LogP contribution in [0.3, 0.4) is 0 Å². The maximum absolute atomic E-state index is 12.3. The number of carboxylic acids is 1. The van der Waals surface area contributed by atoms with Gasteiger partial charge in [0.2, 0.25) is 5.91 Å². The second kappa shape index (κ2) is 8.41. The lowest BCUT2D eigenvalue weighted by molar-refractivity contribution is -0.154. The molecule has 7 nitrogen and oxygen atoms in total. The molecule has 0 saturated heterocycles. The van der Waals surface area contributed by atoms with Crippen molar-refractivity contribution >= 4 is 18.0 Å². The predicted molar refractivity (Wildman–Crippen MR) is 115 cm³/mol. The Balaban J connectivity index is 1.31. The van der Waals surface area contributed by atoms with Gasteiger partial charge >= 0.3 is 12.1 Å². The SMILES string of the molecule is CC(NC(=O)OCC1c2ccccc2-c2ccccc21)C(=O)NCC1(C(=O)O)CCC1. The van der Waals surface area contributed by atoms with E-state index in [9.17, 15) is 19.5 Å². The van der Waals surface area contributed by atoms with E-state index in [0.717, 1.165) is 28.7 Å². The summed E-state index contributed by atoms with van der Waals surface area (Å²) in [5, 5.41) is 14.5. The van der Waals surface area contributed by atoms with Crippen LogP contribution in [-0.2, 0) is 14.3 Å². The lowest BCUT2D eigenvalue weighted by Crippen LogP contribution is -2.52. The number of alkyl carbamates (subject to hydrolysis) is 1. The smallest absolute Gasteiger partial charge is 0.407 e. The summed E-state index contributed by atoms with van der Waals surface area (Å²) in [6.45, 7) is 1.78. The van der Waals surface area contributed by atoms with Crippen LogP contribution in [0, 0.1) is 5.41 Å². The molecule has 31 heavy (non-hydrogen) atoms. The molecule has 162 valence electrons. The average Bonchev–Trinajstić information content (AvgIpc) is 3.05. The van der Waals surface area contributed by atoms with Gasteiger partial charge < -0.3 is 20.5 Å². The van der Waals surface area contributed by atoms with E-state index in [4.69, 9.17) is 4.74 Å². The number of ether oxygens (including phenoxy) is 1. The standard InChI is InChI=1S/C24H26N2O5/c1-15(21(27)25-14-24(22(28)29)11-6-12-24)26-23(30)31-13-20-18-9-4-2-7-16(18)17-8-3-5-10-19(17)20/h2-5,7-10,15,20H,6,11-14H2,1H3,(H,25,27)(H,26,30)(H,28,29). The molecule has 1 unspecified atom stereocenters. The fraction of sp³-hybridized carbons (Fsp3) is 0.375. The highest BCUT2D eigenvalue weighted by atomic mass is 16.5. The van der Waals surface area contributed by atoms with Gasteiger partial charge in [0.05, 0.1) is 5.41 Å². The number of nitrogens with one attached hydrogen (secondary N) is 2. The van der Waals surface area contributed by atoms with E-state index in [1.807, 2.05) is 36.4 Å². The van der Waals surface area contributed by atoms with Crippen LogP contribution in [0.5, 0.6) is 0 Å². The topological polar surface area (TPSA) is 105 Å². The summed E-state index contributed by atoms with van der Waals surface area (Å²) in [7, 11) is 0. The first-order chi connectivity index (χ1) is 14.9. The predicted octanol–water partition coefficient (Wildman–Crippen LogP) is 3.28. The van der Waals surface area contributed by atoms with Gasteiger partial charge in [-0.1, -0.05) is 55.0 Å². The molecule has 0 radical (unpaired) electrons. The highest BCUT2D eigenvalue weighted by Crippen LogP contribution is 2.44. The van der Waals surface area contributed by atoms with Gasteiger partial charge in [-0.05, 0) is 42.0 Å². The van der Waals surface area contributed by atoms with Crippen LogP contribution < -0.4 is 10.6 Å². The lowest BCUT2D eigenvalue weighted by Gasteiger charge is -2.37. The van der Waals surface area contributed by atoms with E-state index in [0.29, 0.717) is 12.8 Å². The summed E-state index contributed by atoms with van der Waals surface area (Å²) in [4.78, 5) is 36.0. The molecule has 0 aliphatic heterocycles. The molecule has 2 aliphatic carbocycles. The highest BCUT2D eigenvalue weighted by Gasteiger charge is 2.44. The first-order valence-corrected chi connectivity index (χ1v) is 10.5. The number of carboxylic acid groups (broad SMARTS) is 1. The molecule has 3 N–H and O–H groups in total. The van der Waals surface area contributed by atoms with E-state index in [1.165, 1.54) is 0 Å². The van der Waals surface area contributed by atoms with Gasteiger partial charge in [0.15, 0.2) is 0 Å². The van der Waals surface area contributed by atoms with Gasteiger partial charge in [-0.3, -0.25) is 9.59 Å². The highest BCUT2D eigenvalue weighted by molar-refractivity contribution is 5.86. The molecular formula is C24H26N2O5. The monoisotopic (exact) mass is 422 g/mol. The van der Waals surface area contributed by atoms with Crippen molar-refractivity contribution in [2.24, 2.45) is 5.41 Å². The Morgan fingerprint density at radius 2 is 1.65 bits per heavy atom. The third-order valence-electron chi connectivity index (χ3n) is 6.44. The minimum Gasteiger partial charge on any atom is -0.481 e. The minimum absolute atomic E-state index is 0.0590. The van der Waals surface area contributed by atoms with Gasteiger partial charge in [-0.2, -0.15) is 0 Å². The van der Waals surface area contributed by atoms with Crippen LogP contribution in [0.4, 0.5) is 4.79 Å². The number of rotatable bonds is 7. The molecule has 0 spiro atoms. The molecule has 7 heteroatoms. The first kappa shape index (κ1) is 20.9. The minimum atomic E-state index is -0.892.